The summed E-state index contributed by atoms with van der Waals surface area (Å²) in [4.78, 5) is 15.3. The number of rotatable bonds is 5. The number of H-pyrrole nitrogens is 1. The Morgan fingerprint density at radius 3 is 2.65 bits per heavy atom. The lowest BCUT2D eigenvalue weighted by Crippen LogP contribution is -2.24. The first-order chi connectivity index (χ1) is 14.7. The summed E-state index contributed by atoms with van der Waals surface area (Å²) >= 11 is 5.86. The average molecular weight is 459 g/mol. The summed E-state index contributed by atoms with van der Waals surface area (Å²) in [5.41, 5.74) is 1.96. The minimum atomic E-state index is -5.08. The zero-order valence-electron chi connectivity index (χ0n) is 16.0. The zero-order chi connectivity index (χ0) is 22.4. The molecule has 2 N–H and O–H groups in total. The van der Waals surface area contributed by atoms with Crippen LogP contribution in [0.3, 0.4) is 0 Å². The number of likely N-dealkylation sites (tertiary alicyclic amines) is 1. The molecule has 1 atom stereocenters. The van der Waals surface area contributed by atoms with E-state index in [1.165, 1.54) is 0 Å². The lowest BCUT2D eigenvalue weighted by molar-refractivity contribution is -0.192. The lowest BCUT2D eigenvalue weighted by Gasteiger charge is -2.16. The fourth-order valence-electron chi connectivity index (χ4n) is 2.98. The number of hydrogen-bond acceptors (Lipinski definition) is 6. The van der Waals surface area contributed by atoms with E-state index in [1.807, 2.05) is 24.4 Å². The number of aromatic amines is 1. The summed E-state index contributed by atoms with van der Waals surface area (Å²) in [6, 6.07) is 7.35. The van der Waals surface area contributed by atoms with E-state index in [1.54, 1.807) is 18.5 Å². The molecule has 0 radical (unpaired) electrons. The van der Waals surface area contributed by atoms with Gasteiger partial charge in [0.2, 0.25) is 0 Å². The largest absolute Gasteiger partial charge is 0.490 e. The molecule has 0 aliphatic carbocycles. The molecule has 0 spiro atoms. The molecule has 1 aliphatic heterocycles. The molecule has 1 saturated heterocycles. The van der Waals surface area contributed by atoms with Crippen LogP contribution in [-0.2, 0) is 11.3 Å². The summed E-state index contributed by atoms with van der Waals surface area (Å²) in [5, 5.41) is 14.6. The van der Waals surface area contributed by atoms with Crippen molar-refractivity contribution in [1.82, 2.24) is 20.1 Å². The van der Waals surface area contributed by atoms with E-state index < -0.39 is 12.1 Å². The third kappa shape index (κ3) is 6.46. The molecule has 4 heterocycles. The van der Waals surface area contributed by atoms with Crippen molar-refractivity contribution in [1.29, 1.82) is 0 Å². The fourth-order valence-corrected chi connectivity index (χ4v) is 3.13. The van der Waals surface area contributed by atoms with Crippen molar-refractivity contribution in [2.45, 2.75) is 25.2 Å². The summed E-state index contributed by atoms with van der Waals surface area (Å²) in [6.45, 7) is 2.66. The number of furan rings is 1. The van der Waals surface area contributed by atoms with Gasteiger partial charge in [-0.05, 0) is 42.3 Å². The van der Waals surface area contributed by atoms with Crippen molar-refractivity contribution >= 4 is 17.6 Å². The van der Waals surface area contributed by atoms with Crippen LogP contribution in [0.2, 0.25) is 5.22 Å². The first-order valence-corrected chi connectivity index (χ1v) is 9.47. The van der Waals surface area contributed by atoms with Crippen molar-refractivity contribution in [3.63, 3.8) is 0 Å². The van der Waals surface area contributed by atoms with Crippen molar-refractivity contribution in [3.8, 4) is 17.2 Å². The van der Waals surface area contributed by atoms with Gasteiger partial charge in [0.1, 0.15) is 17.5 Å². The molecular weight excluding hydrogens is 441 g/mol. The summed E-state index contributed by atoms with van der Waals surface area (Å²) < 4.78 is 43.2. The van der Waals surface area contributed by atoms with Gasteiger partial charge in [0.05, 0.1) is 6.20 Å². The molecule has 0 bridgehead atoms. The summed E-state index contributed by atoms with van der Waals surface area (Å²) in [5.74, 6) is -1.19. The second kappa shape index (κ2) is 9.84. The molecule has 0 aromatic carbocycles. The van der Waals surface area contributed by atoms with Gasteiger partial charge in [-0.3, -0.25) is 15.0 Å². The summed E-state index contributed by atoms with van der Waals surface area (Å²) in [6.07, 6.45) is 1.44. The third-order valence-electron chi connectivity index (χ3n) is 4.36. The van der Waals surface area contributed by atoms with E-state index in [-0.39, 0.29) is 6.10 Å². The van der Waals surface area contributed by atoms with Crippen LogP contribution in [0.4, 0.5) is 13.2 Å². The molecule has 31 heavy (non-hydrogen) atoms. The standard InChI is InChI=1S/C17H17ClN4O2.C2HF3O2/c18-16-2-1-15(24-16)17-12(9-20-21-17)10-22-8-5-14(11-22)23-13-3-6-19-7-4-13;3-2(4,5)1(6)7/h1-4,6-7,9,14H,5,8,10-11H2,(H,20,21);(H,6,7). The molecule has 166 valence electrons. The van der Waals surface area contributed by atoms with Crippen molar-refractivity contribution in [3.05, 3.63) is 53.6 Å². The number of alkyl halides is 3. The quantitative estimate of drug-likeness (QED) is 0.595. The molecule has 1 unspecified atom stereocenters. The number of halogens is 4. The van der Waals surface area contributed by atoms with E-state index in [0.29, 0.717) is 11.0 Å². The third-order valence-corrected chi connectivity index (χ3v) is 4.56. The Kier molecular flexibility index (Phi) is 7.18. The molecule has 0 amide bonds. The predicted octanol–water partition coefficient (Wildman–Crippen LogP) is 4.00. The predicted molar refractivity (Wildman–Crippen MR) is 104 cm³/mol. The van der Waals surface area contributed by atoms with E-state index in [0.717, 1.165) is 43.1 Å². The van der Waals surface area contributed by atoms with Crippen LogP contribution in [-0.4, -0.2) is 56.5 Å². The topological polar surface area (TPSA) is 104 Å². The first-order valence-electron chi connectivity index (χ1n) is 9.09. The van der Waals surface area contributed by atoms with Gasteiger partial charge < -0.3 is 14.3 Å². The fraction of sp³-hybridized carbons (Fsp3) is 0.316. The van der Waals surface area contributed by atoms with Crippen molar-refractivity contribution < 1.29 is 32.2 Å². The van der Waals surface area contributed by atoms with Gasteiger partial charge in [0, 0.05) is 37.6 Å². The van der Waals surface area contributed by atoms with E-state index in [9.17, 15) is 13.2 Å². The Balaban J connectivity index is 0.000000339. The number of pyridine rings is 1. The number of carboxylic acids is 1. The highest BCUT2D eigenvalue weighted by molar-refractivity contribution is 6.28. The number of aliphatic carboxylic acids is 1. The number of hydrogen-bond donors (Lipinski definition) is 2. The second-order valence-corrected chi connectivity index (χ2v) is 7.00. The number of carboxylic acid groups (broad SMARTS) is 1. The zero-order valence-corrected chi connectivity index (χ0v) is 16.7. The van der Waals surface area contributed by atoms with Crippen LogP contribution in [0, 0.1) is 0 Å². The van der Waals surface area contributed by atoms with Crippen molar-refractivity contribution in [2.75, 3.05) is 13.1 Å². The number of nitrogens with zero attached hydrogens (tertiary/aromatic N) is 3. The number of carbonyl (C=O) groups is 1. The smallest absolute Gasteiger partial charge is 0.489 e. The highest BCUT2D eigenvalue weighted by Crippen LogP contribution is 2.27. The van der Waals surface area contributed by atoms with Crippen LogP contribution in [0.15, 0.2) is 47.3 Å². The molecule has 8 nitrogen and oxygen atoms in total. The minimum absolute atomic E-state index is 0.195. The van der Waals surface area contributed by atoms with Gasteiger partial charge in [0.15, 0.2) is 11.0 Å². The Hall–Kier alpha value is -3.05. The van der Waals surface area contributed by atoms with Crippen molar-refractivity contribution in [2.24, 2.45) is 0 Å². The molecule has 4 rings (SSSR count). The number of nitrogens with one attached hydrogen (secondary N) is 1. The van der Waals surface area contributed by atoms with E-state index in [2.05, 4.69) is 20.1 Å². The monoisotopic (exact) mass is 458 g/mol. The molecule has 12 heteroatoms. The van der Waals surface area contributed by atoms with Crippen LogP contribution < -0.4 is 4.74 Å². The Morgan fingerprint density at radius 1 is 1.32 bits per heavy atom. The number of ether oxygens (including phenoxy) is 1. The molecule has 3 aromatic heterocycles. The normalized spacial score (nSPS) is 16.6. The van der Waals surface area contributed by atoms with Gasteiger partial charge in [-0.1, -0.05) is 0 Å². The van der Waals surface area contributed by atoms with Crippen LogP contribution in [0.25, 0.3) is 11.5 Å². The molecule has 1 fully saturated rings. The van der Waals surface area contributed by atoms with E-state index in [4.69, 9.17) is 30.7 Å². The average Bonchev–Trinajstić information content (AvgIpc) is 3.44. The second-order valence-electron chi connectivity index (χ2n) is 6.62. The van der Waals surface area contributed by atoms with E-state index >= 15 is 0 Å². The van der Waals surface area contributed by atoms with Crippen LogP contribution in [0.1, 0.15) is 12.0 Å². The molecule has 0 saturated carbocycles. The molecular formula is C19H18ClF3N4O4. The van der Waals surface area contributed by atoms with Crippen LogP contribution in [0.5, 0.6) is 5.75 Å². The minimum Gasteiger partial charge on any atom is -0.489 e. The van der Waals surface area contributed by atoms with Gasteiger partial charge in [-0.15, -0.1) is 0 Å². The molecule has 1 aliphatic rings. The first kappa shape index (κ1) is 22.6. The maximum Gasteiger partial charge on any atom is 0.490 e. The Labute approximate surface area is 179 Å². The summed E-state index contributed by atoms with van der Waals surface area (Å²) in [7, 11) is 0. The van der Waals surface area contributed by atoms with Gasteiger partial charge in [-0.2, -0.15) is 18.3 Å². The van der Waals surface area contributed by atoms with Gasteiger partial charge in [0.25, 0.3) is 0 Å². The highest BCUT2D eigenvalue weighted by Gasteiger charge is 2.38. The van der Waals surface area contributed by atoms with Gasteiger partial charge in [-0.25, -0.2) is 4.79 Å². The molecule has 3 aromatic rings. The maximum absolute atomic E-state index is 10.6. The number of aromatic nitrogens is 3. The Bertz CT molecular complexity index is 993. The van der Waals surface area contributed by atoms with Gasteiger partial charge >= 0.3 is 12.1 Å². The maximum atomic E-state index is 10.6. The highest BCUT2D eigenvalue weighted by atomic mass is 35.5. The van der Waals surface area contributed by atoms with Crippen LogP contribution >= 0.6 is 11.6 Å². The SMILES string of the molecule is Clc1ccc(-c2[nH]ncc2CN2CCC(Oc3ccncc3)C2)o1.O=C(O)C(F)(F)F. The Morgan fingerprint density at radius 2 is 2.03 bits per heavy atom. The lowest BCUT2D eigenvalue weighted by atomic mass is 10.2.